The highest BCUT2D eigenvalue weighted by Crippen LogP contribution is 2.34. The Morgan fingerprint density at radius 1 is 1.19 bits per heavy atom. The predicted molar refractivity (Wildman–Crippen MR) is 97.4 cm³/mol. The fraction of sp³-hybridized carbons (Fsp3) is 0.200. The van der Waals surface area contributed by atoms with Gasteiger partial charge in [0.15, 0.2) is 11.6 Å². The van der Waals surface area contributed by atoms with E-state index in [0.717, 1.165) is 12.1 Å². The van der Waals surface area contributed by atoms with Crippen LogP contribution in [0.1, 0.15) is 24.2 Å². The van der Waals surface area contributed by atoms with Crippen LogP contribution in [0.25, 0.3) is 21.9 Å². The molecule has 2 aromatic carbocycles. The van der Waals surface area contributed by atoms with Crippen LogP contribution in [0, 0.1) is 17.6 Å². The maximum atomic E-state index is 13.7. The molecule has 0 aliphatic heterocycles. The smallest absolute Gasteiger partial charge is 0.336 e. The molecule has 1 aromatic heterocycles. The van der Waals surface area contributed by atoms with Gasteiger partial charge in [-0.2, -0.15) is 0 Å². The summed E-state index contributed by atoms with van der Waals surface area (Å²) in [6, 6.07) is 8.37. The first-order valence-corrected chi connectivity index (χ1v) is 8.22. The fourth-order valence-corrected chi connectivity index (χ4v) is 2.81. The van der Waals surface area contributed by atoms with Crippen molar-refractivity contribution in [1.29, 1.82) is 0 Å². The molecule has 134 valence electrons. The van der Waals surface area contributed by atoms with Gasteiger partial charge in [0.05, 0.1) is 5.56 Å². The molecule has 0 saturated heterocycles. The molecule has 0 atom stereocenters. The standard InChI is InChI=1S/C20H18F2N2O2/c1-11(2)9-23-19-13-4-3-5-14(20(25)26)18(13)15(10-24-19)12-6-7-16(21)17(22)8-12/h3-8,10-11H,9H2,1-2H3,(H,23,24)(H,25,26). The number of rotatable bonds is 5. The van der Waals surface area contributed by atoms with E-state index in [-0.39, 0.29) is 5.56 Å². The molecule has 0 fully saturated rings. The lowest BCUT2D eigenvalue weighted by Crippen LogP contribution is -2.10. The van der Waals surface area contributed by atoms with Crippen LogP contribution in [0.5, 0.6) is 0 Å². The summed E-state index contributed by atoms with van der Waals surface area (Å²) < 4.78 is 27.0. The Morgan fingerprint density at radius 3 is 2.62 bits per heavy atom. The zero-order valence-corrected chi connectivity index (χ0v) is 14.4. The molecule has 2 N–H and O–H groups in total. The molecule has 3 rings (SSSR count). The van der Waals surface area contributed by atoms with Crippen LogP contribution in [-0.2, 0) is 0 Å². The number of halogens is 2. The Kier molecular flexibility index (Phi) is 4.84. The maximum Gasteiger partial charge on any atom is 0.336 e. The average molecular weight is 356 g/mol. The number of hydrogen-bond donors (Lipinski definition) is 2. The molecule has 0 saturated carbocycles. The lowest BCUT2D eigenvalue weighted by atomic mass is 9.96. The number of nitrogens with zero attached hydrogens (tertiary/aromatic N) is 1. The maximum absolute atomic E-state index is 13.7. The molecule has 0 aliphatic carbocycles. The van der Waals surface area contributed by atoms with Gasteiger partial charge in [0.25, 0.3) is 0 Å². The summed E-state index contributed by atoms with van der Waals surface area (Å²) in [4.78, 5) is 16.1. The first kappa shape index (κ1) is 17.8. The number of hydrogen-bond acceptors (Lipinski definition) is 3. The van der Waals surface area contributed by atoms with E-state index in [9.17, 15) is 18.7 Å². The highest BCUT2D eigenvalue weighted by atomic mass is 19.2. The largest absolute Gasteiger partial charge is 0.478 e. The normalized spacial score (nSPS) is 11.1. The Morgan fingerprint density at radius 2 is 1.96 bits per heavy atom. The van der Waals surface area contributed by atoms with Crippen molar-refractivity contribution in [2.24, 2.45) is 5.92 Å². The van der Waals surface area contributed by atoms with Crippen LogP contribution in [0.4, 0.5) is 14.6 Å². The number of pyridine rings is 1. The molecule has 6 heteroatoms. The number of aromatic nitrogens is 1. The summed E-state index contributed by atoms with van der Waals surface area (Å²) in [5, 5.41) is 13.9. The summed E-state index contributed by atoms with van der Waals surface area (Å²) in [5.41, 5.74) is 0.884. The lowest BCUT2D eigenvalue weighted by Gasteiger charge is -2.15. The molecule has 0 bridgehead atoms. The van der Waals surface area contributed by atoms with Crippen molar-refractivity contribution in [2.75, 3.05) is 11.9 Å². The minimum Gasteiger partial charge on any atom is -0.478 e. The van der Waals surface area contributed by atoms with E-state index in [1.807, 2.05) is 13.8 Å². The van der Waals surface area contributed by atoms with Gasteiger partial charge in [-0.3, -0.25) is 0 Å². The summed E-state index contributed by atoms with van der Waals surface area (Å²) in [7, 11) is 0. The van der Waals surface area contributed by atoms with Crippen LogP contribution >= 0.6 is 0 Å². The van der Waals surface area contributed by atoms with Gasteiger partial charge >= 0.3 is 5.97 Å². The van der Waals surface area contributed by atoms with E-state index in [4.69, 9.17) is 0 Å². The first-order valence-electron chi connectivity index (χ1n) is 8.22. The molecule has 0 aliphatic rings. The zero-order chi connectivity index (χ0) is 18.8. The molecule has 0 amide bonds. The number of benzene rings is 2. The van der Waals surface area contributed by atoms with Crippen LogP contribution < -0.4 is 5.32 Å². The van der Waals surface area contributed by atoms with Crippen LogP contribution in [0.15, 0.2) is 42.6 Å². The topological polar surface area (TPSA) is 62.2 Å². The van der Waals surface area contributed by atoms with Gasteiger partial charge in [-0.25, -0.2) is 18.6 Å². The minimum absolute atomic E-state index is 0.0808. The van der Waals surface area contributed by atoms with E-state index in [0.29, 0.717) is 40.2 Å². The Hall–Kier alpha value is -3.02. The highest BCUT2D eigenvalue weighted by molar-refractivity contribution is 6.12. The van der Waals surface area contributed by atoms with Crippen molar-refractivity contribution in [2.45, 2.75) is 13.8 Å². The third kappa shape index (κ3) is 3.35. The Balaban J connectivity index is 2.28. The first-order chi connectivity index (χ1) is 12.4. The van der Waals surface area contributed by atoms with Gasteiger partial charge in [-0.15, -0.1) is 0 Å². The Labute approximate surface area is 149 Å². The fourth-order valence-electron chi connectivity index (χ4n) is 2.81. The number of anilines is 1. The summed E-state index contributed by atoms with van der Waals surface area (Å²) >= 11 is 0. The minimum atomic E-state index is -1.10. The highest BCUT2D eigenvalue weighted by Gasteiger charge is 2.17. The number of nitrogens with one attached hydrogen (secondary N) is 1. The second-order valence-corrected chi connectivity index (χ2v) is 6.46. The number of carboxylic acids is 1. The molecule has 26 heavy (non-hydrogen) atoms. The van der Waals surface area contributed by atoms with Crippen molar-refractivity contribution < 1.29 is 18.7 Å². The third-order valence-electron chi connectivity index (χ3n) is 4.05. The van der Waals surface area contributed by atoms with Crippen molar-refractivity contribution in [3.63, 3.8) is 0 Å². The number of aromatic carboxylic acids is 1. The summed E-state index contributed by atoms with van der Waals surface area (Å²) in [6.45, 7) is 4.77. The van der Waals surface area contributed by atoms with Gasteiger partial charge in [-0.1, -0.05) is 32.0 Å². The lowest BCUT2D eigenvalue weighted by molar-refractivity contribution is 0.0699. The molecule has 4 nitrogen and oxygen atoms in total. The Bertz CT molecular complexity index is 987. The average Bonchev–Trinajstić information content (AvgIpc) is 2.61. The molecular formula is C20H18F2N2O2. The van der Waals surface area contributed by atoms with Crippen LogP contribution in [0.3, 0.4) is 0 Å². The van der Waals surface area contributed by atoms with E-state index in [1.54, 1.807) is 12.1 Å². The van der Waals surface area contributed by atoms with Gasteiger partial charge in [0.2, 0.25) is 0 Å². The van der Waals surface area contributed by atoms with Crippen LogP contribution in [-0.4, -0.2) is 22.6 Å². The van der Waals surface area contributed by atoms with Crippen molar-refractivity contribution in [1.82, 2.24) is 4.98 Å². The summed E-state index contributed by atoms with van der Waals surface area (Å²) in [5.74, 6) is -2.12. The molecule has 0 unspecified atom stereocenters. The van der Waals surface area contributed by atoms with Crippen LogP contribution in [0.2, 0.25) is 0 Å². The molecular weight excluding hydrogens is 338 g/mol. The number of carboxylic acid groups (broad SMARTS) is 1. The van der Waals surface area contributed by atoms with Crippen molar-refractivity contribution >= 4 is 22.6 Å². The van der Waals surface area contributed by atoms with E-state index >= 15 is 0 Å². The molecule has 1 heterocycles. The molecule has 0 radical (unpaired) electrons. The van der Waals surface area contributed by atoms with Crippen molar-refractivity contribution in [3.8, 4) is 11.1 Å². The number of carbonyl (C=O) groups is 1. The van der Waals surface area contributed by atoms with Gasteiger partial charge < -0.3 is 10.4 Å². The molecule has 0 spiro atoms. The second-order valence-electron chi connectivity index (χ2n) is 6.46. The van der Waals surface area contributed by atoms with Gasteiger partial charge in [-0.05, 0) is 29.7 Å². The summed E-state index contributed by atoms with van der Waals surface area (Å²) in [6.07, 6.45) is 1.49. The van der Waals surface area contributed by atoms with E-state index in [1.165, 1.54) is 18.3 Å². The SMILES string of the molecule is CC(C)CNc1ncc(-c2ccc(F)c(F)c2)c2c(C(=O)O)cccc12. The second kappa shape index (κ2) is 7.07. The number of fused-ring (bicyclic) bond motifs is 1. The van der Waals surface area contributed by atoms with Crippen molar-refractivity contribution in [3.05, 3.63) is 59.8 Å². The van der Waals surface area contributed by atoms with E-state index in [2.05, 4.69) is 10.3 Å². The molecule has 3 aromatic rings. The zero-order valence-electron chi connectivity index (χ0n) is 14.4. The van der Waals surface area contributed by atoms with Gasteiger partial charge in [0, 0.05) is 29.1 Å². The monoisotopic (exact) mass is 356 g/mol. The third-order valence-corrected chi connectivity index (χ3v) is 4.05. The van der Waals surface area contributed by atoms with E-state index < -0.39 is 17.6 Å². The predicted octanol–water partition coefficient (Wildman–Crippen LogP) is 4.95. The van der Waals surface area contributed by atoms with Gasteiger partial charge in [0.1, 0.15) is 5.82 Å². The quantitative estimate of drug-likeness (QED) is 0.679.